The number of aromatic nitrogens is 6. The van der Waals surface area contributed by atoms with Crippen LogP contribution in [0.15, 0.2) is 60.9 Å². The highest BCUT2D eigenvalue weighted by atomic mass is 16.5. The van der Waals surface area contributed by atoms with E-state index in [9.17, 15) is 4.79 Å². The number of carbonyl (C=O) groups is 1. The fraction of sp³-hybridized carbons (Fsp3) is 0.100. The minimum absolute atomic E-state index is 0.227. The highest BCUT2D eigenvalue weighted by molar-refractivity contribution is 6.05. The number of nitrogens with zero attached hydrogens (tertiary/aromatic N) is 6. The highest BCUT2D eigenvalue weighted by Gasteiger charge is 2.15. The third-order valence-electron chi connectivity index (χ3n) is 4.16. The Balaban J connectivity index is 1.55. The number of amides is 1. The number of hydrogen-bond donors (Lipinski definition) is 1. The van der Waals surface area contributed by atoms with E-state index >= 15 is 0 Å². The number of carbonyl (C=O) groups excluding carboxylic acids is 1. The summed E-state index contributed by atoms with van der Waals surface area (Å²) in [7, 11) is 0. The average molecular weight is 387 g/mol. The van der Waals surface area contributed by atoms with E-state index in [1.165, 1.54) is 11.0 Å². The van der Waals surface area contributed by atoms with E-state index in [-0.39, 0.29) is 11.9 Å². The Labute approximate surface area is 166 Å². The number of rotatable bonds is 5. The van der Waals surface area contributed by atoms with Gasteiger partial charge in [0.1, 0.15) is 12.1 Å². The van der Waals surface area contributed by atoms with E-state index < -0.39 is 0 Å². The number of para-hydroxylation sites is 1. The SMILES string of the molecule is Cc1nc(Oc2ccccc2)nc(C)c1NC(=O)c1cccc(-n2cnnn2)c1. The molecule has 0 bridgehead atoms. The van der Waals surface area contributed by atoms with Crippen LogP contribution in [0, 0.1) is 13.8 Å². The van der Waals surface area contributed by atoms with Crippen LogP contribution in [0.4, 0.5) is 5.69 Å². The molecular weight excluding hydrogens is 370 g/mol. The van der Waals surface area contributed by atoms with Crippen molar-refractivity contribution in [1.29, 1.82) is 0 Å². The summed E-state index contributed by atoms with van der Waals surface area (Å²) in [6.07, 6.45) is 1.46. The molecule has 9 heteroatoms. The van der Waals surface area contributed by atoms with Gasteiger partial charge in [0.25, 0.3) is 5.91 Å². The Morgan fingerprint density at radius 1 is 1.00 bits per heavy atom. The van der Waals surface area contributed by atoms with Crippen molar-refractivity contribution < 1.29 is 9.53 Å². The van der Waals surface area contributed by atoms with Crippen molar-refractivity contribution in [1.82, 2.24) is 30.2 Å². The van der Waals surface area contributed by atoms with Crippen LogP contribution in [-0.2, 0) is 0 Å². The van der Waals surface area contributed by atoms with Gasteiger partial charge in [0.2, 0.25) is 0 Å². The number of aryl methyl sites for hydroxylation is 2. The lowest BCUT2D eigenvalue weighted by molar-refractivity contribution is 0.102. The summed E-state index contributed by atoms with van der Waals surface area (Å²) >= 11 is 0. The van der Waals surface area contributed by atoms with E-state index in [2.05, 4.69) is 30.8 Å². The van der Waals surface area contributed by atoms with Crippen molar-refractivity contribution in [2.24, 2.45) is 0 Å². The molecule has 0 spiro atoms. The summed E-state index contributed by atoms with van der Waals surface area (Å²) in [5, 5.41) is 13.9. The van der Waals surface area contributed by atoms with E-state index in [0.717, 1.165) is 0 Å². The lowest BCUT2D eigenvalue weighted by Crippen LogP contribution is -2.15. The van der Waals surface area contributed by atoms with Gasteiger partial charge in [-0.05, 0) is 54.6 Å². The summed E-state index contributed by atoms with van der Waals surface area (Å²) in [5.74, 6) is 0.356. The number of tetrazole rings is 1. The fourth-order valence-electron chi connectivity index (χ4n) is 2.76. The Hall–Kier alpha value is -4.14. The molecule has 0 aliphatic rings. The number of benzene rings is 2. The maximum Gasteiger partial charge on any atom is 0.322 e. The number of anilines is 1. The zero-order chi connectivity index (χ0) is 20.2. The predicted octanol–water partition coefficient (Wildman–Crippen LogP) is 3.11. The fourth-order valence-corrected chi connectivity index (χ4v) is 2.76. The summed E-state index contributed by atoms with van der Waals surface area (Å²) in [5.41, 5.74) is 2.89. The number of ether oxygens (including phenoxy) is 1. The molecular formula is C20H17N7O2. The van der Waals surface area contributed by atoms with Gasteiger partial charge in [0.05, 0.1) is 22.8 Å². The minimum atomic E-state index is -0.286. The second-order valence-corrected chi connectivity index (χ2v) is 6.23. The summed E-state index contributed by atoms with van der Waals surface area (Å²) < 4.78 is 7.16. The zero-order valence-corrected chi connectivity index (χ0v) is 15.8. The molecule has 2 aromatic heterocycles. The highest BCUT2D eigenvalue weighted by Crippen LogP contribution is 2.24. The van der Waals surface area contributed by atoms with Crippen LogP contribution in [0.1, 0.15) is 21.7 Å². The largest absolute Gasteiger partial charge is 0.424 e. The van der Waals surface area contributed by atoms with Crippen molar-refractivity contribution in [3.63, 3.8) is 0 Å². The van der Waals surface area contributed by atoms with E-state index in [1.54, 1.807) is 32.0 Å². The van der Waals surface area contributed by atoms with Gasteiger partial charge >= 0.3 is 6.01 Å². The molecule has 9 nitrogen and oxygen atoms in total. The maximum atomic E-state index is 12.8. The molecule has 0 unspecified atom stereocenters. The van der Waals surface area contributed by atoms with Gasteiger partial charge in [-0.15, -0.1) is 5.10 Å². The molecule has 0 radical (unpaired) electrons. The van der Waals surface area contributed by atoms with E-state index in [1.807, 2.05) is 36.4 Å². The van der Waals surface area contributed by atoms with Crippen molar-refractivity contribution >= 4 is 11.6 Å². The quantitative estimate of drug-likeness (QED) is 0.560. The molecule has 1 amide bonds. The molecule has 144 valence electrons. The Morgan fingerprint density at radius 3 is 2.45 bits per heavy atom. The van der Waals surface area contributed by atoms with E-state index in [0.29, 0.717) is 34.1 Å². The van der Waals surface area contributed by atoms with Crippen LogP contribution in [0.25, 0.3) is 5.69 Å². The standard InChI is InChI=1S/C20H17N7O2/c1-13-18(14(2)23-20(22-13)29-17-9-4-3-5-10-17)24-19(28)15-7-6-8-16(11-15)27-12-21-25-26-27/h3-12H,1-2H3,(H,24,28). The zero-order valence-electron chi connectivity index (χ0n) is 15.8. The third kappa shape index (κ3) is 4.08. The van der Waals surface area contributed by atoms with Crippen LogP contribution >= 0.6 is 0 Å². The molecule has 2 heterocycles. The van der Waals surface area contributed by atoms with Crippen LogP contribution in [-0.4, -0.2) is 36.1 Å². The topological polar surface area (TPSA) is 108 Å². The van der Waals surface area contributed by atoms with Crippen molar-refractivity contribution in [2.75, 3.05) is 5.32 Å². The monoisotopic (exact) mass is 387 g/mol. The van der Waals surface area contributed by atoms with Gasteiger partial charge in [0, 0.05) is 5.56 Å². The van der Waals surface area contributed by atoms with Crippen LogP contribution < -0.4 is 10.1 Å². The summed E-state index contributed by atoms with van der Waals surface area (Å²) in [4.78, 5) is 21.5. The normalized spacial score (nSPS) is 10.6. The van der Waals surface area contributed by atoms with Crippen LogP contribution in [0.2, 0.25) is 0 Å². The lowest BCUT2D eigenvalue weighted by Gasteiger charge is -2.13. The van der Waals surface area contributed by atoms with Crippen LogP contribution in [0.3, 0.4) is 0 Å². The van der Waals surface area contributed by atoms with Gasteiger partial charge < -0.3 is 10.1 Å². The molecule has 0 fully saturated rings. The Bertz CT molecular complexity index is 1120. The Morgan fingerprint density at radius 2 is 1.76 bits per heavy atom. The van der Waals surface area contributed by atoms with Gasteiger partial charge in [-0.25, -0.2) is 4.68 Å². The van der Waals surface area contributed by atoms with Gasteiger partial charge in [-0.2, -0.15) is 9.97 Å². The molecule has 0 saturated carbocycles. The second-order valence-electron chi connectivity index (χ2n) is 6.23. The third-order valence-corrected chi connectivity index (χ3v) is 4.16. The minimum Gasteiger partial charge on any atom is -0.424 e. The first-order valence-corrected chi connectivity index (χ1v) is 8.83. The van der Waals surface area contributed by atoms with Crippen molar-refractivity contribution in [3.05, 3.63) is 77.9 Å². The molecule has 4 aromatic rings. The number of nitrogens with one attached hydrogen (secondary N) is 1. The lowest BCUT2D eigenvalue weighted by atomic mass is 10.1. The predicted molar refractivity (Wildman–Crippen MR) is 105 cm³/mol. The average Bonchev–Trinajstić information content (AvgIpc) is 3.26. The summed E-state index contributed by atoms with van der Waals surface area (Å²) in [6.45, 7) is 3.58. The first kappa shape index (κ1) is 18.2. The first-order chi connectivity index (χ1) is 14.1. The molecule has 2 aromatic carbocycles. The van der Waals surface area contributed by atoms with Crippen molar-refractivity contribution in [3.8, 4) is 17.4 Å². The second kappa shape index (κ2) is 7.85. The van der Waals surface area contributed by atoms with Gasteiger partial charge in [-0.3, -0.25) is 4.79 Å². The molecule has 0 aliphatic carbocycles. The maximum absolute atomic E-state index is 12.8. The number of hydrogen-bond acceptors (Lipinski definition) is 7. The Kier molecular flexibility index (Phi) is 4.93. The summed E-state index contributed by atoms with van der Waals surface area (Å²) in [6, 6.07) is 16.5. The molecule has 4 rings (SSSR count). The smallest absolute Gasteiger partial charge is 0.322 e. The molecule has 0 aliphatic heterocycles. The van der Waals surface area contributed by atoms with Gasteiger partial charge in [-0.1, -0.05) is 24.3 Å². The molecule has 0 atom stereocenters. The van der Waals surface area contributed by atoms with Crippen molar-refractivity contribution in [2.45, 2.75) is 13.8 Å². The van der Waals surface area contributed by atoms with Crippen LogP contribution in [0.5, 0.6) is 11.8 Å². The molecule has 0 saturated heterocycles. The van der Waals surface area contributed by atoms with E-state index in [4.69, 9.17) is 4.74 Å². The molecule has 1 N–H and O–H groups in total. The van der Waals surface area contributed by atoms with Gasteiger partial charge in [0.15, 0.2) is 0 Å². The molecule has 29 heavy (non-hydrogen) atoms. The first-order valence-electron chi connectivity index (χ1n) is 8.83.